The predicted molar refractivity (Wildman–Crippen MR) is 57.8 cm³/mol. The van der Waals surface area contributed by atoms with Crippen LogP contribution in [0.5, 0.6) is 0 Å². The second-order valence-corrected chi connectivity index (χ2v) is 5.49. The van der Waals surface area contributed by atoms with Gasteiger partial charge in [0, 0.05) is 16.9 Å². The standard InChI is InChI=1S/C11H19NO2/c1-10(2,3)8(12-14)7-9(13)11(4,5)6/h7H,1-6H3/b8-7-. The number of carbonyl (C=O) groups is 1. The van der Waals surface area contributed by atoms with Gasteiger partial charge in [-0.2, -0.15) is 0 Å². The van der Waals surface area contributed by atoms with E-state index in [0.717, 1.165) is 0 Å². The van der Waals surface area contributed by atoms with E-state index in [2.05, 4.69) is 5.18 Å². The molecule has 0 saturated heterocycles. The van der Waals surface area contributed by atoms with Gasteiger partial charge in [-0.3, -0.25) is 4.79 Å². The average molecular weight is 197 g/mol. The number of allylic oxidation sites excluding steroid dienone is 2. The summed E-state index contributed by atoms with van der Waals surface area (Å²) in [6.45, 7) is 11.0. The molecule has 80 valence electrons. The molecule has 0 atom stereocenters. The molecule has 0 fully saturated rings. The Labute approximate surface area is 85.6 Å². The third-order valence-electron chi connectivity index (χ3n) is 1.87. The zero-order chi connectivity index (χ0) is 11.6. The van der Waals surface area contributed by atoms with Crippen molar-refractivity contribution in [2.24, 2.45) is 16.0 Å². The van der Waals surface area contributed by atoms with Crippen LogP contribution in [0.3, 0.4) is 0 Å². The van der Waals surface area contributed by atoms with Crippen LogP contribution in [0.1, 0.15) is 41.5 Å². The van der Waals surface area contributed by atoms with Crippen molar-refractivity contribution in [3.63, 3.8) is 0 Å². The Morgan fingerprint density at radius 2 is 1.43 bits per heavy atom. The summed E-state index contributed by atoms with van der Waals surface area (Å²) in [5, 5.41) is 2.90. The van der Waals surface area contributed by atoms with Crippen molar-refractivity contribution < 1.29 is 4.79 Å². The van der Waals surface area contributed by atoms with Crippen LogP contribution in [-0.4, -0.2) is 5.78 Å². The van der Waals surface area contributed by atoms with Gasteiger partial charge in [0.15, 0.2) is 5.78 Å². The highest BCUT2D eigenvalue weighted by Gasteiger charge is 2.24. The van der Waals surface area contributed by atoms with E-state index in [-0.39, 0.29) is 11.2 Å². The van der Waals surface area contributed by atoms with Gasteiger partial charge in [-0.25, -0.2) is 0 Å². The average Bonchev–Trinajstić information content (AvgIpc) is 1.95. The van der Waals surface area contributed by atoms with Crippen LogP contribution in [-0.2, 0) is 4.79 Å². The number of hydrogen-bond donors (Lipinski definition) is 0. The van der Waals surface area contributed by atoms with Gasteiger partial charge in [-0.15, -0.1) is 4.91 Å². The molecule has 0 saturated carbocycles. The van der Waals surface area contributed by atoms with E-state index in [1.165, 1.54) is 6.08 Å². The molecule has 0 aromatic rings. The SMILES string of the molecule is CC(C)(C)C(=O)/C=C(\N=O)C(C)(C)C. The van der Waals surface area contributed by atoms with Gasteiger partial charge in [0.1, 0.15) is 0 Å². The first-order valence-corrected chi connectivity index (χ1v) is 4.69. The number of rotatable bonds is 2. The summed E-state index contributed by atoms with van der Waals surface area (Å²) in [6.07, 6.45) is 1.35. The molecule has 0 bridgehead atoms. The molecule has 0 N–H and O–H groups in total. The fourth-order valence-electron chi connectivity index (χ4n) is 0.720. The summed E-state index contributed by atoms with van der Waals surface area (Å²) in [4.78, 5) is 22.1. The van der Waals surface area contributed by atoms with Gasteiger partial charge in [0.2, 0.25) is 0 Å². The van der Waals surface area contributed by atoms with Crippen molar-refractivity contribution in [3.05, 3.63) is 16.7 Å². The molecule has 0 aromatic carbocycles. The number of carbonyl (C=O) groups excluding carboxylic acids is 1. The van der Waals surface area contributed by atoms with Crippen LogP contribution in [0.25, 0.3) is 0 Å². The summed E-state index contributed by atoms with van der Waals surface area (Å²) in [7, 11) is 0. The lowest BCUT2D eigenvalue weighted by atomic mass is 9.86. The van der Waals surface area contributed by atoms with Crippen LogP contribution in [0.4, 0.5) is 0 Å². The minimum atomic E-state index is -0.457. The Morgan fingerprint density at radius 1 is 1.00 bits per heavy atom. The molecular formula is C11H19NO2. The Hall–Kier alpha value is -0.990. The van der Waals surface area contributed by atoms with Gasteiger partial charge in [0.25, 0.3) is 0 Å². The quantitative estimate of drug-likeness (QED) is 0.503. The largest absolute Gasteiger partial charge is 0.294 e. The van der Waals surface area contributed by atoms with Crippen molar-refractivity contribution in [1.82, 2.24) is 0 Å². The van der Waals surface area contributed by atoms with Crippen LogP contribution in [0.15, 0.2) is 16.9 Å². The van der Waals surface area contributed by atoms with Gasteiger partial charge in [0.05, 0.1) is 5.70 Å². The van der Waals surface area contributed by atoms with Crippen LogP contribution in [0.2, 0.25) is 0 Å². The van der Waals surface area contributed by atoms with E-state index in [9.17, 15) is 9.70 Å². The van der Waals surface area contributed by atoms with Crippen molar-refractivity contribution in [1.29, 1.82) is 0 Å². The lowest BCUT2D eigenvalue weighted by Crippen LogP contribution is -2.20. The zero-order valence-corrected chi connectivity index (χ0v) is 9.84. The number of nitrogens with zero attached hydrogens (tertiary/aromatic N) is 1. The maximum absolute atomic E-state index is 11.6. The Bertz CT molecular complexity index is 264. The van der Waals surface area contributed by atoms with E-state index in [4.69, 9.17) is 0 Å². The summed E-state index contributed by atoms with van der Waals surface area (Å²) < 4.78 is 0. The van der Waals surface area contributed by atoms with E-state index in [1.54, 1.807) is 0 Å². The highest BCUT2D eigenvalue weighted by Crippen LogP contribution is 2.27. The molecule has 0 aliphatic carbocycles. The van der Waals surface area contributed by atoms with Crippen LogP contribution < -0.4 is 0 Å². The molecule has 0 aromatic heterocycles. The molecular weight excluding hydrogens is 178 g/mol. The molecule has 0 amide bonds. The number of hydrogen-bond acceptors (Lipinski definition) is 3. The van der Waals surface area contributed by atoms with Crippen molar-refractivity contribution in [2.75, 3.05) is 0 Å². The molecule has 14 heavy (non-hydrogen) atoms. The number of nitroso groups, excluding NO2 is 1. The van der Waals surface area contributed by atoms with Crippen molar-refractivity contribution in [2.45, 2.75) is 41.5 Å². The predicted octanol–water partition coefficient (Wildman–Crippen LogP) is 3.30. The summed E-state index contributed by atoms with van der Waals surface area (Å²) in [6, 6.07) is 0. The highest BCUT2D eigenvalue weighted by atomic mass is 16.3. The number of ketones is 1. The van der Waals surface area contributed by atoms with E-state index in [1.807, 2.05) is 41.5 Å². The van der Waals surface area contributed by atoms with Gasteiger partial charge < -0.3 is 0 Å². The van der Waals surface area contributed by atoms with Crippen molar-refractivity contribution >= 4 is 5.78 Å². The first-order chi connectivity index (χ1) is 6.09. The molecule has 0 unspecified atom stereocenters. The third-order valence-corrected chi connectivity index (χ3v) is 1.87. The molecule has 0 spiro atoms. The monoisotopic (exact) mass is 197 g/mol. The second-order valence-electron chi connectivity index (χ2n) is 5.49. The lowest BCUT2D eigenvalue weighted by molar-refractivity contribution is -0.121. The minimum Gasteiger partial charge on any atom is -0.294 e. The normalized spacial score (nSPS) is 14.0. The highest BCUT2D eigenvalue weighted by molar-refractivity contribution is 5.94. The summed E-state index contributed by atoms with van der Waals surface area (Å²) in [5.41, 5.74) is -0.526. The van der Waals surface area contributed by atoms with Gasteiger partial charge in [-0.1, -0.05) is 41.5 Å². The summed E-state index contributed by atoms with van der Waals surface area (Å²) in [5.74, 6) is -0.0676. The lowest BCUT2D eigenvalue weighted by Gasteiger charge is -2.19. The van der Waals surface area contributed by atoms with E-state index >= 15 is 0 Å². The molecule has 0 rings (SSSR count). The minimum absolute atomic E-state index is 0.0676. The fourth-order valence-corrected chi connectivity index (χ4v) is 0.720. The Balaban J connectivity index is 4.98. The molecule has 0 radical (unpaired) electrons. The molecule has 0 aliphatic heterocycles. The fraction of sp³-hybridized carbons (Fsp3) is 0.727. The van der Waals surface area contributed by atoms with E-state index in [0.29, 0.717) is 5.70 Å². The van der Waals surface area contributed by atoms with Gasteiger partial charge in [-0.05, 0) is 5.18 Å². The first kappa shape index (κ1) is 13.0. The van der Waals surface area contributed by atoms with Crippen LogP contribution >= 0.6 is 0 Å². The molecule has 0 heterocycles. The third kappa shape index (κ3) is 3.81. The summed E-state index contributed by atoms with van der Waals surface area (Å²) >= 11 is 0. The molecule has 0 aliphatic rings. The maximum Gasteiger partial charge on any atom is 0.162 e. The molecule has 3 heteroatoms. The topological polar surface area (TPSA) is 46.5 Å². The first-order valence-electron chi connectivity index (χ1n) is 4.69. The van der Waals surface area contributed by atoms with Crippen LogP contribution in [0, 0.1) is 15.7 Å². The Morgan fingerprint density at radius 3 is 1.64 bits per heavy atom. The Kier molecular flexibility index (Phi) is 3.74. The maximum atomic E-state index is 11.6. The van der Waals surface area contributed by atoms with E-state index < -0.39 is 5.41 Å². The van der Waals surface area contributed by atoms with Gasteiger partial charge >= 0.3 is 0 Å². The van der Waals surface area contributed by atoms with Crippen molar-refractivity contribution in [3.8, 4) is 0 Å². The smallest absolute Gasteiger partial charge is 0.162 e. The molecule has 3 nitrogen and oxygen atoms in total. The zero-order valence-electron chi connectivity index (χ0n) is 9.84. The second kappa shape index (κ2) is 4.03.